The van der Waals surface area contributed by atoms with Gasteiger partial charge in [-0.25, -0.2) is 0 Å². The fourth-order valence-corrected chi connectivity index (χ4v) is 4.11. The van der Waals surface area contributed by atoms with E-state index in [4.69, 9.17) is 0 Å². The van der Waals surface area contributed by atoms with E-state index in [1.165, 1.54) is 11.8 Å². The minimum Gasteiger partial charge on any atom is -0.339 e. The van der Waals surface area contributed by atoms with E-state index in [0.29, 0.717) is 23.5 Å². The van der Waals surface area contributed by atoms with Crippen LogP contribution < -0.4 is 10.2 Å². The highest BCUT2D eigenvalue weighted by Gasteiger charge is 2.27. The number of amides is 1. The molecule has 6 nitrogen and oxygen atoms in total. The lowest BCUT2D eigenvalue weighted by Gasteiger charge is -2.21. The molecule has 0 radical (unpaired) electrons. The van der Waals surface area contributed by atoms with Gasteiger partial charge in [-0.2, -0.15) is 10.4 Å². The Morgan fingerprint density at radius 3 is 2.83 bits per heavy atom. The molecule has 1 aliphatic heterocycles. The highest BCUT2D eigenvalue weighted by Crippen LogP contribution is 2.43. The second-order valence-corrected chi connectivity index (χ2v) is 7.24. The van der Waals surface area contributed by atoms with Crippen molar-refractivity contribution in [2.24, 2.45) is 0 Å². The Morgan fingerprint density at radius 1 is 1.17 bits per heavy atom. The van der Waals surface area contributed by atoms with Gasteiger partial charge in [-0.15, -0.1) is 11.0 Å². The van der Waals surface area contributed by atoms with Crippen molar-refractivity contribution in [3.63, 3.8) is 0 Å². The van der Waals surface area contributed by atoms with Crippen molar-refractivity contribution in [2.45, 2.75) is 16.7 Å². The maximum absolute atomic E-state index is 13.2. The number of hydrogen-bond acceptors (Lipinski definition) is 6. The number of fused-ring (bicyclic) bond motifs is 2. The van der Waals surface area contributed by atoms with Gasteiger partial charge in [0.1, 0.15) is 0 Å². The maximum Gasteiger partial charge on any atom is 0.260 e. The number of nitrogens with zero attached hydrogens (tertiary/aromatic N) is 4. The van der Waals surface area contributed by atoms with Crippen LogP contribution >= 0.6 is 11.8 Å². The predicted molar refractivity (Wildman–Crippen MR) is 112 cm³/mol. The van der Waals surface area contributed by atoms with E-state index in [1.807, 2.05) is 24.3 Å². The predicted octanol–water partition coefficient (Wildman–Crippen LogP) is 4.23. The van der Waals surface area contributed by atoms with E-state index < -0.39 is 0 Å². The van der Waals surface area contributed by atoms with Crippen molar-refractivity contribution in [1.82, 2.24) is 10.2 Å². The summed E-state index contributed by atoms with van der Waals surface area (Å²) < 4.78 is 0. The Morgan fingerprint density at radius 2 is 2.07 bits per heavy atom. The van der Waals surface area contributed by atoms with E-state index in [9.17, 15) is 10.1 Å². The second-order valence-electron chi connectivity index (χ2n) is 6.16. The van der Waals surface area contributed by atoms with Crippen molar-refractivity contribution in [1.29, 1.82) is 5.26 Å². The van der Waals surface area contributed by atoms with Crippen LogP contribution in [0.4, 0.5) is 17.2 Å². The molecule has 0 fully saturated rings. The molecule has 140 valence electrons. The Kier molecular flexibility index (Phi) is 5.15. The quantitative estimate of drug-likeness (QED) is 0.666. The molecule has 1 aliphatic rings. The number of nitriles is 1. The van der Waals surface area contributed by atoms with Crippen LogP contribution in [0.2, 0.25) is 0 Å². The van der Waals surface area contributed by atoms with Crippen molar-refractivity contribution in [3.05, 3.63) is 65.9 Å². The van der Waals surface area contributed by atoms with E-state index in [2.05, 4.69) is 33.4 Å². The molecule has 7 heteroatoms. The minimum absolute atomic E-state index is 0.131. The molecule has 0 saturated carbocycles. The first-order valence-electron chi connectivity index (χ1n) is 8.82. The lowest BCUT2D eigenvalue weighted by Crippen LogP contribution is -2.31. The minimum atomic E-state index is -0.131. The van der Waals surface area contributed by atoms with Gasteiger partial charge in [-0.1, -0.05) is 17.7 Å². The summed E-state index contributed by atoms with van der Waals surface area (Å²) in [5.74, 6) is 6.33. The normalized spacial score (nSPS) is 12.0. The molecule has 1 N–H and O–H groups in total. The van der Waals surface area contributed by atoms with Crippen LogP contribution in [0.1, 0.15) is 22.8 Å². The van der Waals surface area contributed by atoms with Crippen LogP contribution in [-0.4, -0.2) is 22.6 Å². The fraction of sp³-hybridized carbons (Fsp3) is 0.0909. The lowest BCUT2D eigenvalue weighted by molar-refractivity contribution is 0.0987. The summed E-state index contributed by atoms with van der Waals surface area (Å²) in [6, 6.07) is 16.6. The Hall–Kier alpha value is -3.81. The van der Waals surface area contributed by atoms with Gasteiger partial charge in [0.2, 0.25) is 0 Å². The van der Waals surface area contributed by atoms with Crippen LogP contribution in [-0.2, 0) is 0 Å². The van der Waals surface area contributed by atoms with Crippen LogP contribution in [0.3, 0.4) is 0 Å². The van der Waals surface area contributed by atoms with Gasteiger partial charge in [0.25, 0.3) is 5.91 Å². The van der Waals surface area contributed by atoms with Crippen molar-refractivity contribution < 1.29 is 4.79 Å². The van der Waals surface area contributed by atoms with Gasteiger partial charge in [-0.05, 0) is 55.5 Å². The number of carbonyl (C=O) groups is 1. The Balaban J connectivity index is 1.80. The largest absolute Gasteiger partial charge is 0.339 e. The van der Waals surface area contributed by atoms with E-state index in [-0.39, 0.29) is 5.91 Å². The summed E-state index contributed by atoms with van der Waals surface area (Å²) >= 11 is 1.46. The molecule has 0 bridgehead atoms. The monoisotopic (exact) mass is 397 g/mol. The number of anilines is 3. The first-order chi connectivity index (χ1) is 14.2. The molecule has 2 heterocycles. The zero-order valence-electron chi connectivity index (χ0n) is 15.5. The highest BCUT2D eigenvalue weighted by molar-refractivity contribution is 7.99. The van der Waals surface area contributed by atoms with E-state index >= 15 is 0 Å². The summed E-state index contributed by atoms with van der Waals surface area (Å²) in [4.78, 5) is 16.5. The zero-order valence-corrected chi connectivity index (χ0v) is 16.3. The van der Waals surface area contributed by atoms with Crippen LogP contribution in [0.5, 0.6) is 0 Å². The third-order valence-electron chi connectivity index (χ3n) is 4.32. The SMILES string of the molecule is CC#CCN1C(=O)c2ccc(C#N)cc2Sc2cc(Nc3cccnn3)ccc21. The summed E-state index contributed by atoms with van der Waals surface area (Å²) in [7, 11) is 0. The molecule has 0 saturated heterocycles. The molecule has 3 aromatic rings. The van der Waals surface area contributed by atoms with Crippen LogP contribution in [0.15, 0.2) is 64.5 Å². The highest BCUT2D eigenvalue weighted by atomic mass is 32.2. The lowest BCUT2D eigenvalue weighted by atomic mass is 10.1. The first-order valence-corrected chi connectivity index (χ1v) is 9.63. The fourth-order valence-electron chi connectivity index (χ4n) is 2.95. The van der Waals surface area contributed by atoms with Gasteiger partial charge in [0.15, 0.2) is 5.82 Å². The molecule has 0 unspecified atom stereocenters. The number of aromatic nitrogens is 2. The van der Waals surface area contributed by atoms with Crippen molar-refractivity contribution in [3.8, 4) is 17.9 Å². The smallest absolute Gasteiger partial charge is 0.260 e. The van der Waals surface area contributed by atoms with Crippen molar-refractivity contribution >= 4 is 34.9 Å². The third kappa shape index (κ3) is 3.77. The summed E-state index contributed by atoms with van der Waals surface area (Å²) in [5, 5.41) is 20.4. The van der Waals surface area contributed by atoms with Crippen LogP contribution in [0.25, 0.3) is 0 Å². The summed E-state index contributed by atoms with van der Waals surface area (Å²) in [6.45, 7) is 2.04. The number of rotatable bonds is 3. The molecular weight excluding hydrogens is 382 g/mol. The Labute approximate surface area is 172 Å². The molecule has 0 aliphatic carbocycles. The number of nitrogens with one attached hydrogen (secondary N) is 1. The average Bonchev–Trinajstić information content (AvgIpc) is 2.86. The van der Waals surface area contributed by atoms with E-state index in [1.54, 1.807) is 42.3 Å². The van der Waals surface area contributed by atoms with Gasteiger partial charge in [0, 0.05) is 21.7 Å². The maximum atomic E-state index is 13.2. The molecule has 2 aromatic carbocycles. The topological polar surface area (TPSA) is 81.9 Å². The molecule has 4 rings (SSSR count). The number of carbonyl (C=O) groups excluding carboxylic acids is 1. The molecule has 1 aromatic heterocycles. The third-order valence-corrected chi connectivity index (χ3v) is 5.42. The average molecular weight is 397 g/mol. The number of hydrogen-bond donors (Lipinski definition) is 1. The van der Waals surface area contributed by atoms with Crippen LogP contribution in [0, 0.1) is 23.2 Å². The van der Waals surface area contributed by atoms with Gasteiger partial charge in [0.05, 0.1) is 29.4 Å². The summed E-state index contributed by atoms with van der Waals surface area (Å²) in [6.07, 6.45) is 1.61. The van der Waals surface area contributed by atoms with Gasteiger partial charge < -0.3 is 5.32 Å². The molecule has 0 spiro atoms. The molecule has 29 heavy (non-hydrogen) atoms. The van der Waals surface area contributed by atoms with Gasteiger partial charge >= 0.3 is 0 Å². The Bertz CT molecular complexity index is 1190. The molecular formula is C22H15N5OS. The standard InChI is InChI=1S/C22H15N5OS/c1-2-3-11-27-18-9-7-16(25-21-5-4-10-24-26-21)13-20(18)29-19-12-15(14-23)6-8-17(19)22(27)28/h4-10,12-13H,11H2,1H3,(H,25,26). The zero-order chi connectivity index (χ0) is 20.2. The second kappa shape index (κ2) is 8.05. The van der Waals surface area contributed by atoms with Crippen molar-refractivity contribution in [2.75, 3.05) is 16.8 Å². The molecule has 0 atom stereocenters. The first kappa shape index (κ1) is 18.5. The van der Waals surface area contributed by atoms with E-state index in [0.717, 1.165) is 21.2 Å². The molecule has 1 amide bonds. The summed E-state index contributed by atoms with van der Waals surface area (Å²) in [5.41, 5.74) is 2.68. The number of benzene rings is 2. The van der Waals surface area contributed by atoms with Gasteiger partial charge in [-0.3, -0.25) is 9.69 Å².